The summed E-state index contributed by atoms with van der Waals surface area (Å²) in [6.07, 6.45) is -1.88. The van der Waals surface area contributed by atoms with Crippen LogP contribution in [0.25, 0.3) is 0 Å². The van der Waals surface area contributed by atoms with Crippen LogP contribution in [0.5, 0.6) is 5.75 Å². The number of nitrogens with one attached hydrogen (secondary N) is 1. The number of para-hydroxylation sites is 1. The highest BCUT2D eigenvalue weighted by Crippen LogP contribution is 2.33. The van der Waals surface area contributed by atoms with E-state index < -0.39 is 29.9 Å². The van der Waals surface area contributed by atoms with Gasteiger partial charge in [0.05, 0.1) is 18.8 Å². The first-order valence-electron chi connectivity index (χ1n) is 12.5. The minimum absolute atomic E-state index is 0.0566. The van der Waals surface area contributed by atoms with Gasteiger partial charge in [-0.25, -0.2) is 13.6 Å². The number of carboxylic acid groups (broad SMARTS) is 1. The van der Waals surface area contributed by atoms with Crippen LogP contribution in [0.2, 0.25) is 0 Å². The second-order valence-electron chi connectivity index (χ2n) is 9.81. The first kappa shape index (κ1) is 27.5. The molecule has 1 aliphatic rings. The lowest BCUT2D eigenvalue weighted by molar-refractivity contribution is 0.124. The highest BCUT2D eigenvalue weighted by molar-refractivity contribution is 5.87. The largest absolute Gasteiger partial charge is 0.493 e. The quantitative estimate of drug-likeness (QED) is 0.359. The molecular weight excluding hydrogens is 492 g/mol. The number of anilines is 1. The molecule has 0 spiro atoms. The zero-order valence-corrected chi connectivity index (χ0v) is 21.5. The average molecular weight is 526 g/mol. The van der Waals surface area contributed by atoms with E-state index in [0.29, 0.717) is 18.7 Å². The highest BCUT2D eigenvalue weighted by Gasteiger charge is 2.33. The molecule has 3 aromatic rings. The molecule has 0 aromatic heterocycles. The van der Waals surface area contributed by atoms with Crippen LogP contribution >= 0.6 is 0 Å². The monoisotopic (exact) mass is 525 g/mol. The van der Waals surface area contributed by atoms with Crippen LogP contribution < -0.4 is 15.0 Å². The van der Waals surface area contributed by atoms with E-state index in [1.165, 1.54) is 0 Å². The molecule has 0 saturated heterocycles. The lowest BCUT2D eigenvalue weighted by atomic mass is 9.96. The first-order valence-corrected chi connectivity index (χ1v) is 12.5. The zero-order valence-electron chi connectivity index (χ0n) is 21.5. The maximum absolute atomic E-state index is 13.9. The second kappa shape index (κ2) is 12.3. The molecule has 9 heteroatoms. The number of rotatable bonds is 10. The lowest BCUT2D eigenvalue weighted by Gasteiger charge is -2.35. The number of amides is 1. The van der Waals surface area contributed by atoms with Gasteiger partial charge in [-0.3, -0.25) is 4.90 Å². The molecule has 3 aromatic carbocycles. The van der Waals surface area contributed by atoms with Crippen molar-refractivity contribution < 1.29 is 28.5 Å². The standard InChI is InChI=1S/C29H33F2N3O4/c1-33(2)18-19-8-9-28-24(14-19)25(10-11-38-28)32-17-27(35)26(15-20-12-21(30)16-22(31)13-20)34(29(36)37)23-6-4-3-5-7-23/h3-9,12-14,16,25-27,32,35H,10-11,15,17-18H2,1-2H3,(H,36,37)/t25?,26-,27+/m0/s1. The number of benzene rings is 3. The zero-order chi connectivity index (χ0) is 27.2. The van der Waals surface area contributed by atoms with E-state index in [-0.39, 0.29) is 24.6 Å². The van der Waals surface area contributed by atoms with Gasteiger partial charge in [-0.05, 0) is 68.0 Å². The van der Waals surface area contributed by atoms with E-state index in [9.17, 15) is 23.8 Å². The van der Waals surface area contributed by atoms with Gasteiger partial charge < -0.3 is 25.2 Å². The summed E-state index contributed by atoms with van der Waals surface area (Å²) in [7, 11) is 3.99. The van der Waals surface area contributed by atoms with Crippen molar-refractivity contribution in [2.24, 2.45) is 0 Å². The fourth-order valence-corrected chi connectivity index (χ4v) is 4.92. The van der Waals surface area contributed by atoms with Crippen molar-refractivity contribution in [3.63, 3.8) is 0 Å². The van der Waals surface area contributed by atoms with Crippen molar-refractivity contribution in [1.82, 2.24) is 10.2 Å². The Bertz CT molecular complexity index is 1220. The van der Waals surface area contributed by atoms with Crippen LogP contribution in [0.3, 0.4) is 0 Å². The predicted molar refractivity (Wildman–Crippen MR) is 141 cm³/mol. The van der Waals surface area contributed by atoms with Crippen LogP contribution in [-0.2, 0) is 13.0 Å². The summed E-state index contributed by atoms with van der Waals surface area (Å²) in [6.45, 7) is 1.33. The van der Waals surface area contributed by atoms with Crippen molar-refractivity contribution in [3.8, 4) is 5.75 Å². The van der Waals surface area contributed by atoms with Crippen molar-refractivity contribution in [2.45, 2.75) is 37.6 Å². The Morgan fingerprint density at radius 3 is 2.42 bits per heavy atom. The number of fused-ring (bicyclic) bond motifs is 1. The van der Waals surface area contributed by atoms with Gasteiger partial charge in [0, 0.05) is 42.9 Å². The fourth-order valence-electron chi connectivity index (χ4n) is 4.92. The van der Waals surface area contributed by atoms with Gasteiger partial charge in [-0.2, -0.15) is 0 Å². The Hall–Kier alpha value is -3.53. The van der Waals surface area contributed by atoms with Crippen LogP contribution in [0.15, 0.2) is 66.7 Å². The number of hydrogen-bond acceptors (Lipinski definition) is 5. The topological polar surface area (TPSA) is 85.3 Å². The molecule has 202 valence electrons. The first-order chi connectivity index (χ1) is 18.2. The number of carbonyl (C=O) groups is 1. The van der Waals surface area contributed by atoms with Gasteiger partial charge in [0.2, 0.25) is 0 Å². The molecule has 0 bridgehead atoms. The molecule has 7 nitrogen and oxygen atoms in total. The Balaban J connectivity index is 1.59. The maximum atomic E-state index is 13.9. The van der Waals surface area contributed by atoms with Gasteiger partial charge >= 0.3 is 6.09 Å². The summed E-state index contributed by atoms with van der Waals surface area (Å²) < 4.78 is 33.7. The normalized spacial score (nSPS) is 16.4. The smallest absolute Gasteiger partial charge is 0.412 e. The molecule has 0 fully saturated rings. The molecule has 0 radical (unpaired) electrons. The summed E-state index contributed by atoms with van der Waals surface area (Å²) in [6, 6.07) is 16.4. The number of hydrogen-bond donors (Lipinski definition) is 3. The van der Waals surface area contributed by atoms with Gasteiger partial charge in [-0.1, -0.05) is 24.3 Å². The molecule has 3 atom stereocenters. The van der Waals surface area contributed by atoms with E-state index in [0.717, 1.165) is 46.5 Å². The molecule has 0 aliphatic carbocycles. The molecule has 1 unspecified atom stereocenters. The van der Waals surface area contributed by atoms with Gasteiger partial charge in [0.25, 0.3) is 0 Å². The molecule has 4 rings (SSSR count). The van der Waals surface area contributed by atoms with E-state index >= 15 is 0 Å². The third-order valence-electron chi connectivity index (χ3n) is 6.57. The van der Waals surface area contributed by atoms with Crippen LogP contribution in [0.4, 0.5) is 19.3 Å². The van der Waals surface area contributed by atoms with Gasteiger partial charge in [-0.15, -0.1) is 0 Å². The number of aliphatic hydroxyl groups is 1. The SMILES string of the molecule is CN(C)Cc1ccc2c(c1)C(NC[C@@H](O)[C@H](Cc1cc(F)cc(F)c1)N(C(=O)O)c1ccccc1)CCO2. The van der Waals surface area contributed by atoms with Gasteiger partial charge in [0.1, 0.15) is 17.4 Å². The van der Waals surface area contributed by atoms with E-state index in [2.05, 4.69) is 16.3 Å². The number of nitrogens with zero attached hydrogens (tertiary/aromatic N) is 2. The van der Waals surface area contributed by atoms with Gasteiger partial charge in [0.15, 0.2) is 0 Å². The molecular formula is C29H33F2N3O4. The predicted octanol–water partition coefficient (Wildman–Crippen LogP) is 4.60. The Labute approximate surface area is 221 Å². The number of ether oxygens (including phenoxy) is 1. The maximum Gasteiger partial charge on any atom is 0.412 e. The van der Waals surface area contributed by atoms with E-state index in [1.807, 2.05) is 26.2 Å². The lowest BCUT2D eigenvalue weighted by Crippen LogP contribution is -2.52. The highest BCUT2D eigenvalue weighted by atomic mass is 19.1. The molecule has 38 heavy (non-hydrogen) atoms. The van der Waals surface area contributed by atoms with Crippen molar-refractivity contribution in [2.75, 3.05) is 32.1 Å². The molecule has 1 heterocycles. The minimum Gasteiger partial charge on any atom is -0.493 e. The Morgan fingerprint density at radius 2 is 1.76 bits per heavy atom. The minimum atomic E-state index is -1.28. The van der Waals surface area contributed by atoms with E-state index in [4.69, 9.17) is 4.74 Å². The van der Waals surface area contributed by atoms with Crippen molar-refractivity contribution in [3.05, 3.63) is 95.1 Å². The molecule has 1 aliphatic heterocycles. The molecule has 0 saturated carbocycles. The fraction of sp³-hybridized carbons (Fsp3) is 0.345. The summed E-state index contributed by atoms with van der Waals surface area (Å²) in [5.41, 5.74) is 2.70. The second-order valence-corrected chi connectivity index (χ2v) is 9.81. The summed E-state index contributed by atoms with van der Waals surface area (Å²) >= 11 is 0. The summed E-state index contributed by atoms with van der Waals surface area (Å²) in [4.78, 5) is 15.5. The number of halogens is 2. The van der Waals surface area contributed by atoms with Crippen molar-refractivity contribution in [1.29, 1.82) is 0 Å². The third-order valence-corrected chi connectivity index (χ3v) is 6.57. The van der Waals surface area contributed by atoms with Crippen LogP contribution in [0.1, 0.15) is 29.2 Å². The van der Waals surface area contributed by atoms with E-state index in [1.54, 1.807) is 30.3 Å². The van der Waals surface area contributed by atoms with Crippen molar-refractivity contribution >= 4 is 11.8 Å². The average Bonchev–Trinajstić information content (AvgIpc) is 2.86. The summed E-state index contributed by atoms with van der Waals surface area (Å²) in [5, 5.41) is 24.8. The Morgan fingerprint density at radius 1 is 1.05 bits per heavy atom. The third kappa shape index (κ3) is 6.86. The Kier molecular flexibility index (Phi) is 8.93. The number of aliphatic hydroxyl groups excluding tert-OH is 1. The van der Waals surface area contributed by atoms with Crippen LogP contribution in [-0.4, -0.2) is 60.6 Å². The van der Waals surface area contributed by atoms with Crippen LogP contribution in [0, 0.1) is 11.6 Å². The molecule has 3 N–H and O–H groups in total. The summed E-state index contributed by atoms with van der Waals surface area (Å²) in [5.74, 6) is -0.755. The molecule has 1 amide bonds.